The van der Waals surface area contributed by atoms with Crippen LogP contribution in [0.1, 0.15) is 52.3 Å². The van der Waals surface area contributed by atoms with Gasteiger partial charge in [0.2, 0.25) is 5.82 Å². The predicted octanol–water partition coefficient (Wildman–Crippen LogP) is 3.72. The number of ether oxygens (including phenoxy) is 1. The van der Waals surface area contributed by atoms with Gasteiger partial charge in [-0.05, 0) is 12.8 Å². The van der Waals surface area contributed by atoms with Crippen molar-refractivity contribution in [2.75, 3.05) is 44.3 Å². The van der Waals surface area contributed by atoms with Crippen LogP contribution in [0.3, 0.4) is 0 Å². The Bertz CT molecular complexity index is 544. The van der Waals surface area contributed by atoms with Gasteiger partial charge in [-0.3, -0.25) is 4.90 Å². The van der Waals surface area contributed by atoms with E-state index < -0.39 is 5.82 Å². The number of piperazine rings is 1. The molecule has 0 radical (unpaired) electrons. The van der Waals surface area contributed by atoms with Crippen molar-refractivity contribution in [1.29, 1.82) is 0 Å². The molecule has 0 N–H and O–H groups in total. The largest absolute Gasteiger partial charge is 0.378 e. The minimum atomic E-state index is -0.485. The Morgan fingerprint density at radius 3 is 2.08 bits per heavy atom. The fraction of sp³-hybridized carbons (Fsp3) is 0.778. The van der Waals surface area contributed by atoms with Crippen LogP contribution in [0.15, 0.2) is 0 Å². The van der Waals surface area contributed by atoms with Crippen molar-refractivity contribution in [2.24, 2.45) is 0 Å². The smallest absolute Gasteiger partial charge is 0.202 e. The third-order valence-corrected chi connectivity index (χ3v) is 4.75. The van der Waals surface area contributed by atoms with Crippen molar-refractivity contribution in [3.05, 3.63) is 16.8 Å². The van der Waals surface area contributed by atoms with Gasteiger partial charge in [-0.1, -0.05) is 39.3 Å². The van der Waals surface area contributed by atoms with Crippen LogP contribution in [0.2, 0.25) is 5.15 Å². The molecule has 1 aromatic rings. The summed E-state index contributed by atoms with van der Waals surface area (Å²) in [4.78, 5) is 12.9. The summed E-state index contributed by atoms with van der Waals surface area (Å²) in [6.07, 6.45) is 2.16. The van der Waals surface area contributed by atoms with Crippen molar-refractivity contribution < 1.29 is 9.13 Å². The van der Waals surface area contributed by atoms with Crippen molar-refractivity contribution in [3.8, 4) is 0 Å². The van der Waals surface area contributed by atoms with Gasteiger partial charge in [0.05, 0.1) is 19.3 Å². The first kappa shape index (κ1) is 20.3. The first-order valence-electron chi connectivity index (χ1n) is 9.52. The number of rotatable bonds is 3. The van der Waals surface area contributed by atoms with Crippen LogP contribution in [-0.2, 0) is 4.74 Å². The molecule has 0 unspecified atom stereocenters. The molecule has 2 saturated heterocycles. The standard InChI is InChI=1S/C14H18ClFN4O.2C2H6/c15-12-11(16)14(18-13(17-12)9-1-2-9)20-5-3-19(4-6-20)10-7-21-8-10;2*1-2/h9-10H,1-8H2;2*1-2H3. The molecule has 3 aliphatic rings. The Balaban J connectivity index is 0.000000528. The predicted molar refractivity (Wildman–Crippen MR) is 100 cm³/mol. The summed E-state index contributed by atoms with van der Waals surface area (Å²) in [5.74, 6) is 0.962. The third kappa shape index (κ3) is 4.80. The number of hydrogen-bond donors (Lipinski definition) is 0. The van der Waals surface area contributed by atoms with E-state index >= 15 is 0 Å². The first-order chi connectivity index (χ1) is 12.2. The van der Waals surface area contributed by atoms with E-state index in [2.05, 4.69) is 14.9 Å². The van der Waals surface area contributed by atoms with Gasteiger partial charge in [0.25, 0.3) is 0 Å². The van der Waals surface area contributed by atoms with Crippen molar-refractivity contribution >= 4 is 17.4 Å². The molecule has 1 aliphatic carbocycles. The summed E-state index contributed by atoms with van der Waals surface area (Å²) in [6.45, 7) is 13.0. The first-order valence-corrected chi connectivity index (χ1v) is 9.90. The Kier molecular flexibility index (Phi) is 7.84. The highest BCUT2D eigenvalue weighted by Gasteiger charge is 2.32. The highest BCUT2D eigenvalue weighted by Crippen LogP contribution is 2.39. The molecule has 4 rings (SSSR count). The summed E-state index contributed by atoms with van der Waals surface area (Å²) >= 11 is 5.94. The van der Waals surface area contributed by atoms with Crippen LogP contribution in [-0.4, -0.2) is 60.3 Å². The van der Waals surface area contributed by atoms with Gasteiger partial charge in [0, 0.05) is 32.1 Å². The molecule has 0 bridgehead atoms. The van der Waals surface area contributed by atoms with Gasteiger partial charge in [0.15, 0.2) is 11.0 Å². The number of nitrogens with zero attached hydrogens (tertiary/aromatic N) is 4. The topological polar surface area (TPSA) is 41.5 Å². The molecule has 0 atom stereocenters. The SMILES string of the molecule is CC.CC.Fc1c(Cl)nc(C2CC2)nc1N1CCN(C2COC2)CC1. The Hall–Kier alpha value is -0.980. The maximum absolute atomic E-state index is 14.3. The molecule has 0 amide bonds. The molecule has 1 saturated carbocycles. The zero-order chi connectivity index (χ0) is 18.4. The maximum Gasteiger partial charge on any atom is 0.202 e. The molecule has 25 heavy (non-hydrogen) atoms. The Morgan fingerprint density at radius 1 is 1.00 bits per heavy atom. The average Bonchev–Trinajstić information content (AvgIpc) is 3.45. The quantitative estimate of drug-likeness (QED) is 0.756. The lowest BCUT2D eigenvalue weighted by Crippen LogP contribution is -2.56. The van der Waals surface area contributed by atoms with Crippen molar-refractivity contribution in [3.63, 3.8) is 0 Å². The molecule has 3 fully saturated rings. The minimum Gasteiger partial charge on any atom is -0.378 e. The summed E-state index contributed by atoms with van der Waals surface area (Å²) in [7, 11) is 0. The normalized spacial score (nSPS) is 20.8. The van der Waals surface area contributed by atoms with E-state index in [0.717, 1.165) is 52.2 Å². The number of aromatic nitrogens is 2. The molecular formula is C18H30ClFN4O. The average molecular weight is 373 g/mol. The zero-order valence-corrected chi connectivity index (χ0v) is 16.5. The van der Waals surface area contributed by atoms with Crippen LogP contribution in [0.4, 0.5) is 10.2 Å². The van der Waals surface area contributed by atoms with Gasteiger partial charge in [-0.15, -0.1) is 0 Å². The van der Waals surface area contributed by atoms with Gasteiger partial charge >= 0.3 is 0 Å². The van der Waals surface area contributed by atoms with Crippen LogP contribution < -0.4 is 4.90 Å². The monoisotopic (exact) mass is 372 g/mol. The Morgan fingerprint density at radius 2 is 1.60 bits per heavy atom. The van der Waals surface area contributed by atoms with Crippen molar-refractivity contribution in [1.82, 2.24) is 14.9 Å². The second-order valence-electron chi connectivity index (χ2n) is 6.00. The molecule has 3 heterocycles. The van der Waals surface area contributed by atoms with E-state index in [-0.39, 0.29) is 5.15 Å². The summed E-state index contributed by atoms with van der Waals surface area (Å²) < 4.78 is 19.5. The highest BCUT2D eigenvalue weighted by molar-refractivity contribution is 6.29. The van der Waals surface area contributed by atoms with E-state index in [1.165, 1.54) is 0 Å². The molecule has 1 aromatic heterocycles. The van der Waals surface area contributed by atoms with Crippen LogP contribution in [0.5, 0.6) is 0 Å². The third-order valence-electron chi connectivity index (χ3n) is 4.50. The van der Waals surface area contributed by atoms with Crippen LogP contribution in [0, 0.1) is 5.82 Å². The molecule has 5 nitrogen and oxygen atoms in total. The second-order valence-corrected chi connectivity index (χ2v) is 6.36. The lowest BCUT2D eigenvalue weighted by molar-refractivity contribution is -0.0661. The number of halogens is 2. The maximum atomic E-state index is 14.3. The van der Waals surface area contributed by atoms with E-state index in [9.17, 15) is 4.39 Å². The van der Waals surface area contributed by atoms with Crippen LogP contribution >= 0.6 is 11.6 Å². The van der Waals surface area contributed by atoms with Crippen LogP contribution in [0.25, 0.3) is 0 Å². The summed E-state index contributed by atoms with van der Waals surface area (Å²) in [5.41, 5.74) is 0. The molecule has 7 heteroatoms. The fourth-order valence-corrected chi connectivity index (χ4v) is 3.06. The highest BCUT2D eigenvalue weighted by atomic mass is 35.5. The number of hydrogen-bond acceptors (Lipinski definition) is 5. The molecule has 0 aromatic carbocycles. The molecule has 142 valence electrons. The van der Waals surface area contributed by atoms with E-state index in [1.807, 2.05) is 32.6 Å². The lowest BCUT2D eigenvalue weighted by atomic mass is 10.2. The molecule has 2 aliphatic heterocycles. The summed E-state index contributed by atoms with van der Waals surface area (Å²) in [6, 6.07) is 0.535. The van der Waals surface area contributed by atoms with Crippen molar-refractivity contribution in [2.45, 2.75) is 52.5 Å². The second kappa shape index (κ2) is 9.64. The summed E-state index contributed by atoms with van der Waals surface area (Å²) in [5, 5.41) is -0.0447. The van der Waals surface area contributed by atoms with Gasteiger partial charge in [-0.25, -0.2) is 9.97 Å². The van der Waals surface area contributed by atoms with E-state index in [1.54, 1.807) is 0 Å². The number of anilines is 1. The van der Waals surface area contributed by atoms with E-state index in [4.69, 9.17) is 16.3 Å². The fourth-order valence-electron chi connectivity index (χ4n) is 2.89. The van der Waals surface area contributed by atoms with Gasteiger partial charge < -0.3 is 9.64 Å². The van der Waals surface area contributed by atoms with Gasteiger partial charge in [-0.2, -0.15) is 4.39 Å². The van der Waals surface area contributed by atoms with E-state index in [0.29, 0.717) is 23.6 Å². The Labute approximate surface area is 155 Å². The molecule has 0 spiro atoms. The lowest BCUT2D eigenvalue weighted by Gasteiger charge is -2.42. The zero-order valence-electron chi connectivity index (χ0n) is 15.8. The minimum absolute atomic E-state index is 0.0447. The molecular weight excluding hydrogens is 343 g/mol. The van der Waals surface area contributed by atoms with Gasteiger partial charge in [0.1, 0.15) is 5.82 Å².